The van der Waals surface area contributed by atoms with Gasteiger partial charge in [0.1, 0.15) is 11.5 Å². The van der Waals surface area contributed by atoms with E-state index in [9.17, 15) is 0 Å². The number of nitrogens with zero attached hydrogens (tertiary/aromatic N) is 3. The van der Waals surface area contributed by atoms with E-state index in [1.165, 1.54) is 19.3 Å². The van der Waals surface area contributed by atoms with E-state index in [1.54, 1.807) is 0 Å². The van der Waals surface area contributed by atoms with Gasteiger partial charge in [0.25, 0.3) is 0 Å². The summed E-state index contributed by atoms with van der Waals surface area (Å²) in [6.45, 7) is 3.73. The molecule has 0 spiro atoms. The van der Waals surface area contributed by atoms with Crippen LogP contribution in [0.2, 0.25) is 0 Å². The summed E-state index contributed by atoms with van der Waals surface area (Å²) in [6, 6.07) is 4.21. The van der Waals surface area contributed by atoms with E-state index in [0.29, 0.717) is 18.4 Å². The normalized spacial score (nSPS) is 24.7. The van der Waals surface area contributed by atoms with Gasteiger partial charge in [-0.1, -0.05) is 12.1 Å². The van der Waals surface area contributed by atoms with Gasteiger partial charge in [0.15, 0.2) is 5.82 Å². The third kappa shape index (κ3) is 2.88. The zero-order valence-corrected chi connectivity index (χ0v) is 12.6. The number of hydrogen-bond acceptors (Lipinski definition) is 5. The maximum absolute atomic E-state index is 5.93. The molecule has 5 heteroatoms. The molecule has 2 heterocycles. The molecular weight excluding hydrogens is 266 g/mol. The number of hydrogen-bond donors (Lipinski definition) is 0. The van der Waals surface area contributed by atoms with Gasteiger partial charge in [-0.15, -0.1) is 0 Å². The smallest absolute Gasteiger partial charge is 0.229 e. The number of aromatic nitrogens is 2. The molecule has 2 saturated carbocycles. The Morgan fingerprint density at radius 2 is 2.10 bits per heavy atom. The Kier molecular flexibility index (Phi) is 3.10. The first-order chi connectivity index (χ1) is 10.2. The van der Waals surface area contributed by atoms with Gasteiger partial charge in [0.05, 0.1) is 13.1 Å². The Morgan fingerprint density at radius 3 is 2.81 bits per heavy atom. The molecule has 4 rings (SSSR count). The van der Waals surface area contributed by atoms with Crippen molar-refractivity contribution in [1.29, 1.82) is 0 Å². The zero-order valence-electron chi connectivity index (χ0n) is 12.6. The summed E-state index contributed by atoms with van der Waals surface area (Å²) in [5.41, 5.74) is 0. The van der Waals surface area contributed by atoms with Gasteiger partial charge >= 0.3 is 0 Å². The quantitative estimate of drug-likeness (QED) is 0.816. The minimum Gasteiger partial charge on any atom is -0.464 e. The maximum Gasteiger partial charge on any atom is 0.229 e. The lowest BCUT2D eigenvalue weighted by Crippen LogP contribution is -2.17. The van der Waals surface area contributed by atoms with Crippen LogP contribution in [0.3, 0.4) is 0 Å². The summed E-state index contributed by atoms with van der Waals surface area (Å²) in [4.78, 5) is 6.61. The molecule has 2 fully saturated rings. The van der Waals surface area contributed by atoms with Crippen LogP contribution < -0.4 is 0 Å². The topological polar surface area (TPSA) is 55.3 Å². The van der Waals surface area contributed by atoms with Crippen molar-refractivity contribution in [3.8, 4) is 0 Å². The van der Waals surface area contributed by atoms with Crippen molar-refractivity contribution in [1.82, 2.24) is 15.0 Å². The molecular formula is C16H21N3O2. The van der Waals surface area contributed by atoms with Gasteiger partial charge in [0, 0.05) is 11.8 Å². The number of rotatable bonds is 6. The van der Waals surface area contributed by atoms with Crippen molar-refractivity contribution in [2.75, 3.05) is 7.05 Å². The molecule has 0 N–H and O–H groups in total. The van der Waals surface area contributed by atoms with E-state index in [0.717, 1.165) is 35.7 Å². The Morgan fingerprint density at radius 1 is 1.29 bits per heavy atom. The maximum atomic E-state index is 5.93. The molecule has 2 aliphatic rings. The second-order valence-electron chi connectivity index (χ2n) is 6.62. The van der Waals surface area contributed by atoms with Crippen LogP contribution in [0.5, 0.6) is 0 Å². The van der Waals surface area contributed by atoms with Crippen LogP contribution in [-0.4, -0.2) is 22.1 Å². The highest BCUT2D eigenvalue weighted by atomic mass is 16.5. The van der Waals surface area contributed by atoms with Crippen molar-refractivity contribution in [3.63, 3.8) is 0 Å². The van der Waals surface area contributed by atoms with Crippen molar-refractivity contribution >= 4 is 0 Å². The summed E-state index contributed by atoms with van der Waals surface area (Å²) in [5.74, 6) is 5.66. The molecule has 0 radical (unpaired) electrons. The Bertz CT molecular complexity index is 629. The Labute approximate surface area is 124 Å². The first-order valence-corrected chi connectivity index (χ1v) is 7.78. The zero-order chi connectivity index (χ0) is 14.4. The molecule has 112 valence electrons. The van der Waals surface area contributed by atoms with E-state index >= 15 is 0 Å². The highest BCUT2D eigenvalue weighted by Crippen LogP contribution is 2.47. The minimum atomic E-state index is 0.518. The minimum absolute atomic E-state index is 0.518. The lowest BCUT2D eigenvalue weighted by molar-refractivity contribution is 0.271. The van der Waals surface area contributed by atoms with Gasteiger partial charge in [0.2, 0.25) is 5.89 Å². The van der Waals surface area contributed by atoms with Crippen molar-refractivity contribution < 1.29 is 8.94 Å². The molecule has 21 heavy (non-hydrogen) atoms. The predicted octanol–water partition coefficient (Wildman–Crippen LogP) is 3.30. The van der Waals surface area contributed by atoms with Gasteiger partial charge in [-0.3, -0.25) is 4.90 Å². The fraction of sp³-hybridized carbons (Fsp3) is 0.625. The molecule has 0 saturated heterocycles. The SMILES string of the molecule is C[C@H]1C[C@@H]1c1ccc(CN(C)Cc2noc(C3CC3)n2)o1. The van der Waals surface area contributed by atoms with Gasteiger partial charge in [-0.2, -0.15) is 4.98 Å². The van der Waals surface area contributed by atoms with Crippen LogP contribution in [0.25, 0.3) is 0 Å². The van der Waals surface area contributed by atoms with Crippen molar-refractivity contribution in [2.45, 2.75) is 51.1 Å². The Hall–Kier alpha value is -1.62. The van der Waals surface area contributed by atoms with Crippen molar-refractivity contribution in [2.24, 2.45) is 5.92 Å². The summed E-state index contributed by atoms with van der Waals surface area (Å²) in [7, 11) is 2.05. The van der Waals surface area contributed by atoms with Crippen LogP contribution in [0.15, 0.2) is 21.1 Å². The van der Waals surface area contributed by atoms with Crippen LogP contribution in [0, 0.1) is 5.92 Å². The van der Waals surface area contributed by atoms with Crippen LogP contribution in [-0.2, 0) is 13.1 Å². The highest BCUT2D eigenvalue weighted by molar-refractivity contribution is 5.17. The van der Waals surface area contributed by atoms with Gasteiger partial charge in [-0.25, -0.2) is 0 Å². The molecule has 2 atom stereocenters. The Balaban J connectivity index is 1.34. The molecule has 5 nitrogen and oxygen atoms in total. The van der Waals surface area contributed by atoms with E-state index in [2.05, 4.69) is 41.1 Å². The standard InChI is InChI=1S/C16H21N3O2/c1-10-7-13(10)14-6-5-12(20-14)8-19(2)9-15-17-16(21-18-15)11-3-4-11/h5-6,10-11,13H,3-4,7-9H2,1-2H3/t10-,13-/m0/s1. The lowest BCUT2D eigenvalue weighted by Gasteiger charge is -2.12. The fourth-order valence-corrected chi connectivity index (χ4v) is 2.79. The van der Waals surface area contributed by atoms with E-state index in [-0.39, 0.29) is 0 Å². The summed E-state index contributed by atoms with van der Waals surface area (Å²) in [6.07, 6.45) is 3.63. The average Bonchev–Trinajstić information content (AvgIpc) is 3.33. The van der Waals surface area contributed by atoms with E-state index < -0.39 is 0 Å². The first-order valence-electron chi connectivity index (χ1n) is 7.78. The first kappa shape index (κ1) is 13.1. The summed E-state index contributed by atoms with van der Waals surface area (Å²) >= 11 is 0. The fourth-order valence-electron chi connectivity index (χ4n) is 2.79. The van der Waals surface area contributed by atoms with E-state index in [1.807, 2.05) is 0 Å². The van der Waals surface area contributed by atoms with Crippen LogP contribution >= 0.6 is 0 Å². The highest BCUT2D eigenvalue weighted by Gasteiger charge is 2.36. The molecule has 0 unspecified atom stereocenters. The molecule has 2 aliphatic carbocycles. The second-order valence-corrected chi connectivity index (χ2v) is 6.62. The third-order valence-electron chi connectivity index (χ3n) is 4.40. The van der Waals surface area contributed by atoms with Gasteiger partial charge in [-0.05, 0) is 44.4 Å². The summed E-state index contributed by atoms with van der Waals surface area (Å²) in [5, 5.41) is 4.05. The molecule has 2 aromatic rings. The molecule has 0 amide bonds. The predicted molar refractivity (Wildman–Crippen MR) is 76.7 cm³/mol. The van der Waals surface area contributed by atoms with Crippen LogP contribution in [0.1, 0.15) is 61.3 Å². The summed E-state index contributed by atoms with van der Waals surface area (Å²) < 4.78 is 11.2. The third-order valence-corrected chi connectivity index (χ3v) is 4.40. The lowest BCUT2D eigenvalue weighted by atomic mass is 10.3. The van der Waals surface area contributed by atoms with Crippen LogP contribution in [0.4, 0.5) is 0 Å². The second kappa shape index (κ2) is 4.98. The monoisotopic (exact) mass is 287 g/mol. The molecule has 0 aromatic carbocycles. The largest absolute Gasteiger partial charge is 0.464 e. The molecule has 0 bridgehead atoms. The number of furan rings is 1. The average molecular weight is 287 g/mol. The van der Waals surface area contributed by atoms with Gasteiger partial charge < -0.3 is 8.94 Å². The molecule has 0 aliphatic heterocycles. The van der Waals surface area contributed by atoms with Crippen molar-refractivity contribution in [3.05, 3.63) is 35.4 Å². The van der Waals surface area contributed by atoms with E-state index in [4.69, 9.17) is 8.94 Å². The molecule has 2 aromatic heterocycles.